The van der Waals surface area contributed by atoms with E-state index in [1.165, 1.54) is 52.3 Å². The lowest BCUT2D eigenvalue weighted by Crippen LogP contribution is -2.48. The molecule has 4 nitrogen and oxygen atoms in total. The Kier molecular flexibility index (Phi) is 10.2. The number of rotatable bonds is 8. The molecule has 0 saturated carbocycles. The zero-order chi connectivity index (χ0) is 44.6. The fraction of sp³-hybridized carbons (Fsp3) is 0.137. The molecule has 63 heavy (non-hydrogen) atoms. The van der Waals surface area contributed by atoms with Crippen LogP contribution in [-0.2, 0) is 19.1 Å². The van der Waals surface area contributed by atoms with E-state index >= 15 is 26.3 Å². The summed E-state index contributed by atoms with van der Waals surface area (Å²) in [6, 6.07) is 35.0. The highest BCUT2D eigenvalue weighted by Gasteiger charge is 2.80. The molecule has 0 fully saturated rings. The fourth-order valence-corrected chi connectivity index (χ4v) is 10.9. The van der Waals surface area contributed by atoms with Gasteiger partial charge in [0.05, 0.1) is 25.4 Å². The van der Waals surface area contributed by atoms with Gasteiger partial charge in [-0.15, -0.1) is 22.7 Å². The van der Waals surface area contributed by atoms with Crippen LogP contribution < -0.4 is 0 Å². The molecule has 9 rings (SSSR count). The van der Waals surface area contributed by atoms with Crippen LogP contribution in [0.2, 0.25) is 0 Å². The van der Waals surface area contributed by atoms with Gasteiger partial charge in [0.2, 0.25) is 0 Å². The third kappa shape index (κ3) is 6.57. The van der Waals surface area contributed by atoms with E-state index in [1.54, 1.807) is 48.6 Å². The second-order valence-corrected chi connectivity index (χ2v) is 17.7. The van der Waals surface area contributed by atoms with Gasteiger partial charge < -0.3 is 9.47 Å². The van der Waals surface area contributed by atoms with Crippen molar-refractivity contribution in [3.8, 4) is 0 Å². The van der Waals surface area contributed by atoms with Crippen LogP contribution in [0.5, 0.6) is 0 Å². The molecule has 2 aromatic heterocycles. The maximum absolute atomic E-state index is 16.4. The number of hydrogen-bond acceptors (Lipinski definition) is 6. The van der Waals surface area contributed by atoms with Gasteiger partial charge in [-0.2, -0.15) is 26.3 Å². The summed E-state index contributed by atoms with van der Waals surface area (Å²) in [5.41, 5.74) is -1.16. The molecule has 0 N–H and O–H groups in total. The van der Waals surface area contributed by atoms with Crippen molar-refractivity contribution in [1.29, 1.82) is 0 Å². The van der Waals surface area contributed by atoms with E-state index in [2.05, 4.69) is 0 Å². The van der Waals surface area contributed by atoms with E-state index in [1.807, 2.05) is 60.7 Å². The van der Waals surface area contributed by atoms with Gasteiger partial charge in [0.1, 0.15) is 0 Å². The number of thiophene rings is 2. The molecule has 1 aliphatic rings. The second kappa shape index (κ2) is 15.4. The van der Waals surface area contributed by atoms with Crippen molar-refractivity contribution in [2.24, 2.45) is 0 Å². The quantitative estimate of drug-likeness (QED) is 0.0660. The van der Waals surface area contributed by atoms with Crippen LogP contribution in [0.1, 0.15) is 43.1 Å². The molecule has 0 atom stereocenters. The van der Waals surface area contributed by atoms with E-state index in [4.69, 9.17) is 9.47 Å². The Balaban J connectivity index is 1.21. The first kappa shape index (κ1) is 41.8. The third-order valence-corrected chi connectivity index (χ3v) is 13.7. The van der Waals surface area contributed by atoms with Crippen molar-refractivity contribution in [3.63, 3.8) is 0 Å². The number of alkyl halides is 6. The van der Waals surface area contributed by atoms with Crippen LogP contribution in [0, 0.1) is 13.8 Å². The molecule has 0 radical (unpaired) electrons. The summed E-state index contributed by atoms with van der Waals surface area (Å²) in [4.78, 5) is 26.6. The molecule has 0 bridgehead atoms. The van der Waals surface area contributed by atoms with Crippen molar-refractivity contribution in [2.75, 3.05) is 14.2 Å². The zero-order valence-corrected chi connectivity index (χ0v) is 35.6. The predicted molar refractivity (Wildman–Crippen MR) is 242 cm³/mol. The number of ether oxygens (including phenoxy) is 2. The van der Waals surface area contributed by atoms with Crippen LogP contribution in [0.4, 0.5) is 26.3 Å². The molecular formula is C51H34F6O4S2. The molecule has 0 amide bonds. The number of hydrogen-bond donors (Lipinski definition) is 0. The lowest BCUT2D eigenvalue weighted by atomic mass is 9.91. The molecule has 2 heterocycles. The zero-order valence-electron chi connectivity index (χ0n) is 33.9. The van der Waals surface area contributed by atoms with Gasteiger partial charge in [0.25, 0.3) is 0 Å². The number of aryl methyl sites for hydroxylation is 2. The summed E-state index contributed by atoms with van der Waals surface area (Å²) < 4.78 is 108. The topological polar surface area (TPSA) is 52.6 Å². The molecule has 0 unspecified atom stereocenters. The van der Waals surface area contributed by atoms with E-state index < -0.39 is 52.0 Å². The van der Waals surface area contributed by atoms with Gasteiger partial charge >= 0.3 is 29.7 Å². The molecule has 0 saturated heterocycles. The number of allylic oxidation sites excluding steroid dienone is 2. The number of carbonyl (C=O) groups excluding carboxylic acids is 2. The molecule has 12 heteroatoms. The van der Waals surface area contributed by atoms with Crippen LogP contribution in [-0.4, -0.2) is 43.9 Å². The van der Waals surface area contributed by atoms with Gasteiger partial charge in [0.15, 0.2) is 0 Å². The van der Waals surface area contributed by atoms with Gasteiger partial charge in [-0.25, -0.2) is 9.59 Å². The minimum Gasteiger partial charge on any atom is -0.465 e. The molecule has 8 aromatic rings. The highest BCUT2D eigenvalue weighted by atomic mass is 32.1. The summed E-state index contributed by atoms with van der Waals surface area (Å²) in [5.74, 6) is -17.6. The SMILES string of the molecule is COC(=O)/C(=C\c1ccc2c(C3=C(c4c(C)sc5cc(/C=C(/C(=O)OC)c6cccc7ccccc67)ccc45)C(F)(F)C(F)(F)C3(F)F)c(C)sc2c1)c1cccc2ccccc12. The first-order valence-corrected chi connectivity index (χ1v) is 21.2. The van der Waals surface area contributed by atoms with E-state index in [0.29, 0.717) is 31.7 Å². The summed E-state index contributed by atoms with van der Waals surface area (Å²) in [7, 11) is 2.50. The Bertz CT molecular complexity index is 3090. The maximum Gasteiger partial charge on any atom is 0.380 e. The van der Waals surface area contributed by atoms with Crippen LogP contribution in [0.25, 0.3) is 76.2 Å². The first-order valence-electron chi connectivity index (χ1n) is 19.6. The molecule has 6 aromatic carbocycles. The van der Waals surface area contributed by atoms with E-state index in [9.17, 15) is 9.59 Å². The summed E-state index contributed by atoms with van der Waals surface area (Å²) in [5, 5.41) is 3.48. The molecule has 0 spiro atoms. The normalized spacial score (nSPS) is 16.1. The van der Waals surface area contributed by atoms with E-state index in [0.717, 1.165) is 44.2 Å². The third-order valence-electron chi connectivity index (χ3n) is 11.5. The highest BCUT2D eigenvalue weighted by molar-refractivity contribution is 7.19. The number of halogens is 6. The van der Waals surface area contributed by atoms with Gasteiger partial charge in [0, 0.05) is 52.2 Å². The largest absolute Gasteiger partial charge is 0.465 e. The van der Waals surface area contributed by atoms with Gasteiger partial charge in [-0.05, 0) is 81.9 Å². The van der Waals surface area contributed by atoms with Crippen LogP contribution >= 0.6 is 22.7 Å². The molecule has 1 aliphatic carbocycles. The van der Waals surface area contributed by atoms with Crippen molar-refractivity contribution < 1.29 is 45.4 Å². The second-order valence-electron chi connectivity index (χ2n) is 15.2. The Morgan fingerprint density at radius 1 is 0.508 bits per heavy atom. The van der Waals surface area contributed by atoms with Crippen LogP contribution in [0.15, 0.2) is 121 Å². The molecular weight excluding hydrogens is 855 g/mol. The smallest absolute Gasteiger partial charge is 0.380 e. The summed E-state index contributed by atoms with van der Waals surface area (Å²) >= 11 is 1.99. The summed E-state index contributed by atoms with van der Waals surface area (Å²) in [6.07, 6.45) is 3.17. The standard InChI is InChI=1S/C51H34F6O4S2/c1-27-43(37-21-19-29(25-41(37)62-27)23-39(47(58)60-3)35-17-9-13-31-11-5-7-15-33(31)35)45-46(50(54,55)51(56,57)49(45,52)53)44-28(2)63-42-26-30(20-22-38(42)44)24-40(48(59)61-4)36-18-10-14-32-12-6-8-16-34(32)36/h5-26H,1-4H3/b39-23-,40-24+. The molecule has 316 valence electrons. The fourth-order valence-electron chi connectivity index (χ4n) is 8.63. The first-order chi connectivity index (χ1) is 30.1. The minimum atomic E-state index is -5.78. The number of esters is 2. The maximum atomic E-state index is 16.4. The number of carbonyl (C=O) groups is 2. The lowest BCUT2D eigenvalue weighted by molar-refractivity contribution is -0.254. The lowest BCUT2D eigenvalue weighted by Gasteiger charge is -2.26. The van der Waals surface area contributed by atoms with E-state index in [-0.39, 0.29) is 31.7 Å². The predicted octanol–water partition coefficient (Wildman–Crippen LogP) is 14.3. The monoisotopic (exact) mass is 888 g/mol. The Morgan fingerprint density at radius 3 is 1.29 bits per heavy atom. The van der Waals surface area contributed by atoms with Crippen molar-refractivity contribution in [3.05, 3.63) is 164 Å². The van der Waals surface area contributed by atoms with Gasteiger partial charge in [-0.3, -0.25) is 0 Å². The average Bonchev–Trinajstić information content (AvgIpc) is 3.81. The van der Waals surface area contributed by atoms with Crippen LogP contribution in [0.3, 0.4) is 0 Å². The average molecular weight is 889 g/mol. The van der Waals surface area contributed by atoms with Crippen molar-refractivity contribution >= 4 is 111 Å². The molecule has 0 aliphatic heterocycles. The Labute approximate surface area is 365 Å². The highest BCUT2D eigenvalue weighted by Crippen LogP contribution is 2.67. The van der Waals surface area contributed by atoms with Crippen molar-refractivity contribution in [2.45, 2.75) is 31.6 Å². The number of benzene rings is 6. The number of methoxy groups -OCH3 is 2. The Morgan fingerprint density at radius 2 is 0.889 bits per heavy atom. The number of fused-ring (bicyclic) bond motifs is 4. The van der Waals surface area contributed by atoms with Gasteiger partial charge in [-0.1, -0.05) is 109 Å². The summed E-state index contributed by atoms with van der Waals surface area (Å²) in [6.45, 7) is 2.87. The van der Waals surface area contributed by atoms with Crippen molar-refractivity contribution in [1.82, 2.24) is 0 Å². The minimum absolute atomic E-state index is 0.0773. The Hall–Kier alpha value is -6.50.